The Kier molecular flexibility index (Phi) is 5.22. The number of aliphatic hydroxyl groups excluding tert-OH is 1. The Labute approximate surface area is 138 Å². The molecule has 0 aromatic heterocycles. The van der Waals surface area contributed by atoms with Crippen LogP contribution < -0.4 is 9.47 Å². The molecule has 2 aromatic rings. The Balaban J connectivity index is 2.59. The van der Waals surface area contributed by atoms with Crippen molar-refractivity contribution in [1.82, 2.24) is 0 Å². The van der Waals surface area contributed by atoms with E-state index in [2.05, 4.69) is 0 Å². The van der Waals surface area contributed by atoms with E-state index in [0.29, 0.717) is 32.7 Å². The van der Waals surface area contributed by atoms with Gasteiger partial charge in [0.05, 0.1) is 14.2 Å². The van der Waals surface area contributed by atoms with Crippen molar-refractivity contribution in [2.24, 2.45) is 0 Å². The molecule has 0 saturated heterocycles. The Hall–Kier alpha value is -1.13. The fourth-order valence-electron chi connectivity index (χ4n) is 2.06. The van der Waals surface area contributed by atoms with Crippen LogP contribution in [0.15, 0.2) is 30.3 Å². The summed E-state index contributed by atoms with van der Waals surface area (Å²) in [6.45, 7) is 0. The molecule has 1 atom stereocenters. The molecule has 0 heterocycles. The van der Waals surface area contributed by atoms with Gasteiger partial charge in [0.2, 0.25) is 0 Å². The van der Waals surface area contributed by atoms with Gasteiger partial charge in [0, 0.05) is 21.2 Å². The van der Waals surface area contributed by atoms with E-state index < -0.39 is 6.10 Å². The van der Waals surface area contributed by atoms with Gasteiger partial charge in [0.25, 0.3) is 0 Å². The van der Waals surface area contributed by atoms with Gasteiger partial charge in [0.15, 0.2) is 0 Å². The number of ether oxygens (including phenoxy) is 2. The molecular formula is C15H13Cl3O3. The van der Waals surface area contributed by atoms with E-state index in [-0.39, 0.29) is 5.02 Å². The standard InChI is InChI=1S/C15H13Cl3O3/c1-20-11-7-6-8(15(21-2)13(11)18)14(19)12-9(16)4-3-5-10(12)17/h3-7,14,19H,1-2H3. The molecule has 6 heteroatoms. The van der Waals surface area contributed by atoms with Crippen LogP contribution >= 0.6 is 34.8 Å². The smallest absolute Gasteiger partial charge is 0.147 e. The lowest BCUT2D eigenvalue weighted by molar-refractivity contribution is 0.214. The lowest BCUT2D eigenvalue weighted by atomic mass is 10.00. The summed E-state index contributed by atoms with van der Waals surface area (Å²) in [5.74, 6) is 0.772. The van der Waals surface area contributed by atoms with Crippen LogP contribution in [0, 0.1) is 0 Å². The van der Waals surface area contributed by atoms with Gasteiger partial charge in [0.1, 0.15) is 22.6 Å². The van der Waals surface area contributed by atoms with Gasteiger partial charge in [-0.1, -0.05) is 40.9 Å². The Morgan fingerprint density at radius 3 is 2.10 bits per heavy atom. The molecule has 2 aromatic carbocycles. The van der Waals surface area contributed by atoms with Crippen LogP contribution in [-0.2, 0) is 0 Å². The summed E-state index contributed by atoms with van der Waals surface area (Å²) in [5.41, 5.74) is 0.860. The number of rotatable bonds is 4. The van der Waals surface area contributed by atoms with Crippen LogP contribution in [0.5, 0.6) is 11.5 Å². The first kappa shape index (κ1) is 16.2. The molecule has 0 aliphatic rings. The summed E-state index contributed by atoms with van der Waals surface area (Å²) in [6, 6.07) is 8.33. The van der Waals surface area contributed by atoms with Gasteiger partial charge in [-0.2, -0.15) is 0 Å². The van der Waals surface area contributed by atoms with Crippen molar-refractivity contribution < 1.29 is 14.6 Å². The van der Waals surface area contributed by atoms with Crippen molar-refractivity contribution in [3.63, 3.8) is 0 Å². The lowest BCUT2D eigenvalue weighted by Crippen LogP contribution is -2.05. The van der Waals surface area contributed by atoms with Crippen LogP contribution in [0.25, 0.3) is 0 Å². The maximum atomic E-state index is 10.6. The third-order valence-electron chi connectivity index (χ3n) is 3.08. The number of aliphatic hydroxyl groups is 1. The Bertz CT molecular complexity index is 639. The number of hydrogen-bond acceptors (Lipinski definition) is 3. The highest BCUT2D eigenvalue weighted by Crippen LogP contribution is 2.43. The molecule has 2 rings (SSSR count). The van der Waals surface area contributed by atoms with Crippen molar-refractivity contribution in [2.45, 2.75) is 6.10 Å². The van der Waals surface area contributed by atoms with E-state index in [0.717, 1.165) is 0 Å². The SMILES string of the molecule is COc1ccc(C(O)c2c(Cl)cccc2Cl)c(OC)c1Cl. The average Bonchev–Trinajstić information content (AvgIpc) is 2.46. The summed E-state index contributed by atoms with van der Waals surface area (Å²) in [6.07, 6.45) is -1.07. The fourth-order valence-corrected chi connectivity index (χ4v) is 2.99. The third kappa shape index (κ3) is 3.06. The zero-order chi connectivity index (χ0) is 15.6. The molecule has 1 unspecified atom stereocenters. The van der Waals surface area contributed by atoms with E-state index >= 15 is 0 Å². The highest BCUT2D eigenvalue weighted by molar-refractivity contribution is 6.36. The van der Waals surface area contributed by atoms with Crippen LogP contribution in [0.2, 0.25) is 15.1 Å². The van der Waals surface area contributed by atoms with Gasteiger partial charge in [-0.25, -0.2) is 0 Å². The van der Waals surface area contributed by atoms with E-state index in [9.17, 15) is 5.11 Å². The van der Waals surface area contributed by atoms with E-state index in [1.807, 2.05) is 0 Å². The van der Waals surface area contributed by atoms with E-state index in [1.54, 1.807) is 30.3 Å². The first-order valence-corrected chi connectivity index (χ1v) is 7.17. The van der Waals surface area contributed by atoms with Crippen LogP contribution in [0.1, 0.15) is 17.2 Å². The number of hydrogen-bond donors (Lipinski definition) is 1. The van der Waals surface area contributed by atoms with E-state index in [4.69, 9.17) is 44.3 Å². The molecule has 0 amide bonds. The summed E-state index contributed by atoms with van der Waals surface area (Å²) < 4.78 is 10.4. The largest absolute Gasteiger partial charge is 0.495 e. The maximum Gasteiger partial charge on any atom is 0.147 e. The minimum absolute atomic E-state index is 0.278. The summed E-state index contributed by atoms with van der Waals surface area (Å²) >= 11 is 18.4. The summed E-state index contributed by atoms with van der Waals surface area (Å²) in [4.78, 5) is 0. The number of methoxy groups -OCH3 is 2. The van der Waals surface area contributed by atoms with Gasteiger partial charge >= 0.3 is 0 Å². The van der Waals surface area contributed by atoms with Gasteiger partial charge in [-0.15, -0.1) is 0 Å². The van der Waals surface area contributed by atoms with Crippen molar-refractivity contribution in [1.29, 1.82) is 0 Å². The molecule has 1 N–H and O–H groups in total. The first-order chi connectivity index (χ1) is 10.0. The van der Waals surface area contributed by atoms with Gasteiger partial charge in [-0.05, 0) is 24.3 Å². The summed E-state index contributed by atoms with van der Waals surface area (Å²) in [5, 5.41) is 11.6. The molecule has 3 nitrogen and oxygen atoms in total. The molecule has 0 aliphatic carbocycles. The average molecular weight is 348 g/mol. The zero-order valence-corrected chi connectivity index (χ0v) is 13.6. The molecule has 0 fully saturated rings. The second-order valence-corrected chi connectivity index (χ2v) is 5.43. The van der Waals surface area contributed by atoms with Crippen molar-refractivity contribution in [3.8, 4) is 11.5 Å². The highest BCUT2D eigenvalue weighted by Gasteiger charge is 2.23. The Morgan fingerprint density at radius 2 is 1.57 bits per heavy atom. The molecule has 21 heavy (non-hydrogen) atoms. The van der Waals surface area contributed by atoms with Gasteiger partial charge < -0.3 is 14.6 Å². The molecule has 112 valence electrons. The minimum Gasteiger partial charge on any atom is -0.495 e. The normalized spacial score (nSPS) is 12.1. The molecule has 0 bridgehead atoms. The second kappa shape index (κ2) is 6.75. The number of benzene rings is 2. The van der Waals surface area contributed by atoms with Crippen molar-refractivity contribution in [3.05, 3.63) is 56.5 Å². The monoisotopic (exact) mass is 346 g/mol. The quantitative estimate of drug-likeness (QED) is 0.867. The van der Waals surface area contributed by atoms with E-state index in [1.165, 1.54) is 14.2 Å². The molecular weight excluding hydrogens is 335 g/mol. The van der Waals surface area contributed by atoms with Crippen LogP contribution in [0.3, 0.4) is 0 Å². The minimum atomic E-state index is -1.07. The molecule has 0 aliphatic heterocycles. The zero-order valence-electron chi connectivity index (χ0n) is 11.4. The topological polar surface area (TPSA) is 38.7 Å². The Morgan fingerprint density at radius 1 is 0.952 bits per heavy atom. The van der Waals surface area contributed by atoms with Crippen LogP contribution in [-0.4, -0.2) is 19.3 Å². The first-order valence-electron chi connectivity index (χ1n) is 6.03. The molecule has 0 spiro atoms. The van der Waals surface area contributed by atoms with Gasteiger partial charge in [-0.3, -0.25) is 0 Å². The van der Waals surface area contributed by atoms with Crippen molar-refractivity contribution >= 4 is 34.8 Å². The highest BCUT2D eigenvalue weighted by atomic mass is 35.5. The summed E-state index contributed by atoms with van der Waals surface area (Å²) in [7, 11) is 2.97. The van der Waals surface area contributed by atoms with Crippen molar-refractivity contribution in [2.75, 3.05) is 14.2 Å². The van der Waals surface area contributed by atoms with Crippen LogP contribution in [0.4, 0.5) is 0 Å². The molecule has 0 saturated carbocycles. The predicted molar refractivity (Wildman–Crippen MR) is 85.1 cm³/mol. The lowest BCUT2D eigenvalue weighted by Gasteiger charge is -2.19. The second-order valence-electron chi connectivity index (χ2n) is 4.24. The maximum absolute atomic E-state index is 10.6. The fraction of sp³-hybridized carbons (Fsp3) is 0.200. The number of halogens is 3. The molecule has 0 radical (unpaired) electrons. The predicted octanol–water partition coefficient (Wildman–Crippen LogP) is 4.75. The third-order valence-corrected chi connectivity index (χ3v) is 4.10.